The molecule has 0 saturated carbocycles. The molecule has 61 heavy (non-hydrogen) atoms. The van der Waals surface area contributed by atoms with Crippen molar-refractivity contribution in [3.63, 3.8) is 0 Å². The lowest BCUT2D eigenvalue weighted by molar-refractivity contribution is 0.489. The molecule has 0 N–H and O–H groups in total. The number of hydrogen-bond donors (Lipinski definition) is 0. The summed E-state index contributed by atoms with van der Waals surface area (Å²) in [5, 5.41) is 6.23. The van der Waals surface area contributed by atoms with Gasteiger partial charge in [-0.25, -0.2) is 0 Å². The third-order valence-corrected chi connectivity index (χ3v) is 14.1. The number of hydrogen-bond acceptors (Lipinski definition) is 5. The average molecular weight is 856 g/mol. The molecular weight excluding hydrogens is 804 g/mol. The maximum Gasteiger partial charge on any atom is 0.148 e. The Morgan fingerprint density at radius 1 is 0.492 bits per heavy atom. The number of nitrogens with zero attached hydrogens (tertiary/aromatic N) is 2. The van der Waals surface area contributed by atoms with Crippen molar-refractivity contribution in [2.45, 2.75) is 73.1 Å². The van der Waals surface area contributed by atoms with E-state index in [-0.39, 0.29) is 10.8 Å². The van der Waals surface area contributed by atoms with Gasteiger partial charge in [0.15, 0.2) is 0 Å². The van der Waals surface area contributed by atoms with Gasteiger partial charge in [0.05, 0.1) is 21.8 Å². The van der Waals surface area contributed by atoms with Crippen molar-refractivity contribution in [2.75, 3.05) is 9.80 Å². The zero-order chi connectivity index (χ0) is 42.8. The van der Waals surface area contributed by atoms with Gasteiger partial charge in [0.2, 0.25) is 0 Å². The predicted molar refractivity (Wildman–Crippen MR) is 267 cm³/mol. The predicted octanol–water partition coefficient (Wildman–Crippen LogP) is 18.2. The van der Waals surface area contributed by atoms with Crippen LogP contribution in [0.2, 0.25) is 5.02 Å². The minimum absolute atomic E-state index is 0.00140. The second kappa shape index (κ2) is 15.7. The highest BCUT2D eigenvalue weighted by Gasteiger charge is 2.26. The molecule has 6 heteroatoms. The molecule has 0 bridgehead atoms. The molecule has 7 aromatic carbocycles. The van der Waals surface area contributed by atoms with Gasteiger partial charge in [-0.2, -0.15) is 0 Å². The maximum absolute atomic E-state index is 7.69. The number of anilines is 6. The molecule has 0 spiro atoms. The van der Waals surface area contributed by atoms with Crippen molar-refractivity contribution < 1.29 is 4.74 Å². The van der Waals surface area contributed by atoms with E-state index >= 15 is 0 Å². The molecule has 0 aliphatic heterocycles. The van der Waals surface area contributed by atoms with Crippen molar-refractivity contribution >= 4 is 98.7 Å². The van der Waals surface area contributed by atoms with Crippen LogP contribution >= 0.6 is 34.3 Å². The normalized spacial score (nSPS) is 12.1. The summed E-state index contributed by atoms with van der Waals surface area (Å²) in [6, 6.07) is 50.5. The Balaban J connectivity index is 1.22. The molecule has 9 rings (SSSR count). The minimum atomic E-state index is -0.00140. The van der Waals surface area contributed by atoms with Crippen LogP contribution < -0.4 is 14.5 Å². The van der Waals surface area contributed by atoms with Gasteiger partial charge in [-0.3, -0.25) is 0 Å². The lowest BCUT2D eigenvalue weighted by Crippen LogP contribution is -2.14. The van der Waals surface area contributed by atoms with Crippen LogP contribution in [0, 0.1) is 20.8 Å². The fourth-order valence-electron chi connectivity index (χ4n) is 8.11. The summed E-state index contributed by atoms with van der Waals surface area (Å²) in [5.74, 6) is 1.38. The maximum atomic E-state index is 7.69. The number of thiophene rings is 2. The first kappa shape index (κ1) is 40.8. The van der Waals surface area contributed by atoms with Crippen LogP contribution in [-0.4, -0.2) is 0 Å². The molecule has 0 aliphatic carbocycles. The summed E-state index contributed by atoms with van der Waals surface area (Å²) in [6.45, 7) is 20.0. The first-order chi connectivity index (χ1) is 29.1. The third-order valence-electron chi connectivity index (χ3n) is 11.6. The smallest absolute Gasteiger partial charge is 0.148 e. The molecule has 0 atom stereocenters. The van der Waals surface area contributed by atoms with Crippen LogP contribution in [0.3, 0.4) is 0 Å². The average Bonchev–Trinajstić information content (AvgIpc) is 3.83. The van der Waals surface area contributed by atoms with E-state index < -0.39 is 0 Å². The first-order valence-electron chi connectivity index (χ1n) is 20.9. The van der Waals surface area contributed by atoms with Crippen molar-refractivity contribution in [3.8, 4) is 11.5 Å². The molecule has 2 heterocycles. The molecule has 2 aromatic heterocycles. The quantitative estimate of drug-likeness (QED) is 0.151. The Bertz CT molecular complexity index is 3010. The van der Waals surface area contributed by atoms with Gasteiger partial charge in [0, 0.05) is 48.0 Å². The van der Waals surface area contributed by atoms with Crippen LogP contribution in [0.4, 0.5) is 34.1 Å². The lowest BCUT2D eigenvalue weighted by Gasteiger charge is -2.29. The van der Waals surface area contributed by atoms with Gasteiger partial charge in [-0.1, -0.05) is 125 Å². The number of fused-ring (bicyclic) bond motifs is 4. The van der Waals surface area contributed by atoms with Crippen LogP contribution in [0.1, 0.15) is 69.4 Å². The monoisotopic (exact) mass is 854 g/mol. The van der Waals surface area contributed by atoms with Crippen molar-refractivity contribution in [1.82, 2.24) is 0 Å². The largest absolute Gasteiger partial charge is 0.455 e. The summed E-state index contributed by atoms with van der Waals surface area (Å²) in [7, 11) is 0. The molecule has 3 nitrogen and oxygen atoms in total. The number of rotatable bonds is 8. The fourth-order valence-corrected chi connectivity index (χ4v) is 10.5. The van der Waals surface area contributed by atoms with Crippen LogP contribution in [0.25, 0.3) is 30.3 Å². The van der Waals surface area contributed by atoms with Gasteiger partial charge in [-0.15, -0.1) is 22.7 Å². The first-order valence-corrected chi connectivity index (χ1v) is 23.0. The van der Waals surface area contributed by atoms with Gasteiger partial charge >= 0.3 is 0 Å². The highest BCUT2D eigenvalue weighted by Crippen LogP contribution is 2.52. The molecule has 0 aliphatic rings. The summed E-state index contributed by atoms with van der Waals surface area (Å²) in [5.41, 5.74) is 12.4. The van der Waals surface area contributed by atoms with E-state index in [2.05, 4.69) is 217 Å². The summed E-state index contributed by atoms with van der Waals surface area (Å²) in [4.78, 5) is 4.68. The summed E-state index contributed by atoms with van der Waals surface area (Å²) >= 11 is 11.2. The van der Waals surface area contributed by atoms with Crippen LogP contribution in [0.5, 0.6) is 11.5 Å². The van der Waals surface area contributed by atoms with E-state index in [4.69, 9.17) is 16.3 Å². The number of halogens is 1. The summed E-state index contributed by atoms with van der Waals surface area (Å²) in [6.07, 6.45) is 0. The van der Waals surface area contributed by atoms with Gasteiger partial charge in [0.25, 0.3) is 0 Å². The van der Waals surface area contributed by atoms with E-state index in [1.807, 2.05) is 0 Å². The SMILES string of the molecule is Cc1ccc(N(c2ccc(C)cc2)c2ccc(Oc3cc(C)cc(N(c4ccc(C(C)(C)C)cc4)c4csc5ccc(C(C)(C)C)cc45)c3Cl)c3c2sc2ccccc23)cc1. The Morgan fingerprint density at radius 2 is 1.08 bits per heavy atom. The molecule has 9 aromatic rings. The Hall–Kier alpha value is -5.59. The van der Waals surface area contributed by atoms with Gasteiger partial charge < -0.3 is 14.5 Å². The van der Waals surface area contributed by atoms with E-state index in [0.717, 1.165) is 60.9 Å². The topological polar surface area (TPSA) is 15.7 Å². The van der Waals surface area contributed by atoms with Crippen LogP contribution in [-0.2, 0) is 10.8 Å². The van der Waals surface area contributed by atoms with Crippen LogP contribution in [0.15, 0.2) is 145 Å². The Morgan fingerprint density at radius 3 is 1.72 bits per heavy atom. The zero-order valence-corrected chi connectivity index (χ0v) is 38.7. The third kappa shape index (κ3) is 7.80. The Kier molecular flexibility index (Phi) is 10.5. The van der Waals surface area contributed by atoms with Gasteiger partial charge in [0.1, 0.15) is 16.5 Å². The van der Waals surface area contributed by atoms with Crippen molar-refractivity contribution in [3.05, 3.63) is 178 Å². The molecule has 0 radical (unpaired) electrons. The summed E-state index contributed by atoms with van der Waals surface area (Å²) < 4.78 is 10.7. The second-order valence-corrected chi connectivity index (χ2v) is 20.6. The highest BCUT2D eigenvalue weighted by atomic mass is 35.5. The number of ether oxygens (including phenoxy) is 1. The highest BCUT2D eigenvalue weighted by molar-refractivity contribution is 7.26. The lowest BCUT2D eigenvalue weighted by atomic mass is 9.86. The minimum Gasteiger partial charge on any atom is -0.455 e. The molecular formula is C55H51ClN2OS2. The van der Waals surface area contributed by atoms with Crippen molar-refractivity contribution in [2.24, 2.45) is 0 Å². The molecule has 0 amide bonds. The fraction of sp³-hybridized carbons (Fsp3) is 0.200. The van der Waals surface area contributed by atoms with Crippen molar-refractivity contribution in [1.29, 1.82) is 0 Å². The van der Waals surface area contributed by atoms with E-state index in [1.165, 1.54) is 37.0 Å². The zero-order valence-electron chi connectivity index (χ0n) is 36.4. The van der Waals surface area contributed by atoms with Gasteiger partial charge in [-0.05, 0) is 127 Å². The molecule has 306 valence electrons. The number of aryl methyl sites for hydroxylation is 3. The molecule has 0 fully saturated rings. The number of benzene rings is 7. The standard InChI is InChI=1S/C55H51ClN2OS2/c1-34-14-21-39(22-15-34)57(40-23-16-35(2)17-24-40)44-27-28-47(51-42-12-10-11-13-50(42)61-53(44)51)59-48-31-36(3)30-45(52(48)56)58(41-25-18-37(19-26-41)54(4,5)6)46-33-60-49-29-20-38(32-43(46)49)55(7,8)9/h10-33H,1-9H3. The van der Waals surface area contributed by atoms with E-state index in [1.54, 1.807) is 22.7 Å². The molecule has 0 unspecified atom stereocenters. The van der Waals surface area contributed by atoms with E-state index in [9.17, 15) is 0 Å². The Labute approximate surface area is 373 Å². The molecule has 0 saturated heterocycles. The second-order valence-electron chi connectivity index (χ2n) is 18.3. The van der Waals surface area contributed by atoms with E-state index in [0.29, 0.717) is 10.8 Å².